The predicted molar refractivity (Wildman–Crippen MR) is 55.6 cm³/mol. The van der Waals surface area contributed by atoms with Crippen molar-refractivity contribution >= 4 is 0 Å². The summed E-state index contributed by atoms with van der Waals surface area (Å²) in [7, 11) is 0. The van der Waals surface area contributed by atoms with Gasteiger partial charge < -0.3 is 10.5 Å². The number of hydrogen-bond acceptors (Lipinski definition) is 2. The van der Waals surface area contributed by atoms with Gasteiger partial charge in [0.25, 0.3) is 0 Å². The van der Waals surface area contributed by atoms with E-state index in [4.69, 9.17) is 10.5 Å². The first-order valence-electron chi connectivity index (χ1n) is 5.65. The maximum Gasteiger partial charge on any atom is 0.0723 e. The Hall–Kier alpha value is -0.0800. The van der Waals surface area contributed by atoms with Gasteiger partial charge >= 0.3 is 0 Å². The lowest BCUT2D eigenvalue weighted by Crippen LogP contribution is -2.39. The fourth-order valence-electron chi connectivity index (χ4n) is 2.02. The van der Waals surface area contributed by atoms with E-state index in [0.29, 0.717) is 0 Å². The van der Waals surface area contributed by atoms with Gasteiger partial charge in [-0.2, -0.15) is 0 Å². The van der Waals surface area contributed by atoms with Crippen LogP contribution in [0.4, 0.5) is 0 Å². The molecule has 1 saturated carbocycles. The van der Waals surface area contributed by atoms with Gasteiger partial charge in [-0.15, -0.1) is 0 Å². The highest BCUT2D eigenvalue weighted by Crippen LogP contribution is 2.31. The van der Waals surface area contributed by atoms with Crippen molar-refractivity contribution in [2.75, 3.05) is 6.61 Å². The van der Waals surface area contributed by atoms with Crippen molar-refractivity contribution in [1.29, 1.82) is 0 Å². The van der Waals surface area contributed by atoms with Crippen LogP contribution >= 0.6 is 0 Å². The molecule has 0 aromatic heterocycles. The minimum absolute atomic E-state index is 0.259. The molecule has 0 radical (unpaired) electrons. The van der Waals surface area contributed by atoms with E-state index in [9.17, 15) is 0 Å². The maximum atomic E-state index is 6.10. The molecule has 0 bridgehead atoms. The van der Waals surface area contributed by atoms with E-state index < -0.39 is 0 Å². The zero-order valence-corrected chi connectivity index (χ0v) is 8.96. The molecule has 0 amide bonds. The second-order valence-electron chi connectivity index (χ2n) is 4.10. The molecule has 78 valence electrons. The molecule has 0 aliphatic heterocycles. The van der Waals surface area contributed by atoms with Crippen LogP contribution in [0.5, 0.6) is 0 Å². The van der Waals surface area contributed by atoms with E-state index in [0.717, 1.165) is 18.9 Å². The molecule has 2 N–H and O–H groups in total. The molecule has 0 spiro atoms. The molecule has 2 unspecified atom stereocenters. The summed E-state index contributed by atoms with van der Waals surface area (Å²) in [6.45, 7) is 4.98. The van der Waals surface area contributed by atoms with Crippen LogP contribution in [-0.4, -0.2) is 18.8 Å². The van der Waals surface area contributed by atoms with Crippen LogP contribution in [-0.2, 0) is 4.74 Å². The minimum atomic E-state index is 0.259. The fraction of sp³-hybridized carbons (Fsp3) is 1.00. The van der Waals surface area contributed by atoms with Crippen molar-refractivity contribution in [3.8, 4) is 0 Å². The van der Waals surface area contributed by atoms with Gasteiger partial charge in [-0.05, 0) is 25.7 Å². The molecule has 1 aliphatic rings. The van der Waals surface area contributed by atoms with Crippen LogP contribution in [0, 0.1) is 5.92 Å². The van der Waals surface area contributed by atoms with Crippen molar-refractivity contribution < 1.29 is 4.74 Å². The minimum Gasteiger partial charge on any atom is -0.377 e. The quantitative estimate of drug-likeness (QED) is 0.689. The summed E-state index contributed by atoms with van der Waals surface area (Å²) in [5.41, 5.74) is 6.10. The second-order valence-corrected chi connectivity index (χ2v) is 4.10. The average Bonchev–Trinajstić information content (AvgIpc) is 2.07. The molecule has 1 aliphatic carbocycles. The highest BCUT2D eigenvalue weighted by Gasteiger charge is 2.24. The molecule has 2 heteroatoms. The Kier molecular flexibility index (Phi) is 4.74. The molecule has 2 nitrogen and oxygen atoms in total. The Morgan fingerprint density at radius 2 is 2.08 bits per heavy atom. The Balaban J connectivity index is 2.20. The topological polar surface area (TPSA) is 35.2 Å². The monoisotopic (exact) mass is 185 g/mol. The summed E-state index contributed by atoms with van der Waals surface area (Å²) < 4.78 is 5.60. The van der Waals surface area contributed by atoms with Gasteiger partial charge in [0.2, 0.25) is 0 Å². The standard InChI is InChI=1S/C11H23NO/c1-3-11(13-4-2)10(12)8-9-6-5-7-9/h9-11H,3-8,12H2,1-2H3. The first kappa shape index (κ1) is 11.0. The van der Waals surface area contributed by atoms with Crippen LogP contribution in [0.1, 0.15) is 46.0 Å². The average molecular weight is 185 g/mol. The summed E-state index contributed by atoms with van der Waals surface area (Å²) in [5, 5.41) is 0. The molecule has 0 saturated heterocycles. The largest absolute Gasteiger partial charge is 0.377 e. The zero-order chi connectivity index (χ0) is 9.68. The fourth-order valence-corrected chi connectivity index (χ4v) is 2.02. The molecule has 0 heterocycles. The van der Waals surface area contributed by atoms with E-state index in [2.05, 4.69) is 6.92 Å². The third-order valence-corrected chi connectivity index (χ3v) is 3.09. The second kappa shape index (κ2) is 5.61. The van der Waals surface area contributed by atoms with Crippen LogP contribution in [0.3, 0.4) is 0 Å². The van der Waals surface area contributed by atoms with Gasteiger partial charge in [0.05, 0.1) is 6.10 Å². The summed E-state index contributed by atoms with van der Waals surface area (Å²) >= 11 is 0. The zero-order valence-electron chi connectivity index (χ0n) is 8.96. The highest BCUT2D eigenvalue weighted by atomic mass is 16.5. The van der Waals surface area contributed by atoms with Gasteiger partial charge in [0.1, 0.15) is 0 Å². The Morgan fingerprint density at radius 3 is 2.46 bits per heavy atom. The van der Waals surface area contributed by atoms with E-state index >= 15 is 0 Å². The van der Waals surface area contributed by atoms with Crippen molar-refractivity contribution in [1.82, 2.24) is 0 Å². The summed E-state index contributed by atoms with van der Waals surface area (Å²) in [6, 6.07) is 0.259. The summed E-state index contributed by atoms with van der Waals surface area (Å²) in [5.74, 6) is 0.893. The molecule has 0 aromatic rings. The number of hydrogen-bond donors (Lipinski definition) is 1. The lowest BCUT2D eigenvalue weighted by atomic mass is 9.80. The van der Waals surface area contributed by atoms with Crippen LogP contribution in [0.25, 0.3) is 0 Å². The van der Waals surface area contributed by atoms with Crippen molar-refractivity contribution in [3.05, 3.63) is 0 Å². The predicted octanol–water partition coefficient (Wildman–Crippen LogP) is 2.32. The van der Waals surface area contributed by atoms with E-state index in [-0.39, 0.29) is 12.1 Å². The smallest absolute Gasteiger partial charge is 0.0723 e. The number of rotatable bonds is 6. The van der Waals surface area contributed by atoms with E-state index in [1.54, 1.807) is 0 Å². The Bertz CT molecular complexity index is 134. The van der Waals surface area contributed by atoms with E-state index in [1.807, 2.05) is 6.92 Å². The molecular formula is C11H23NO. The maximum absolute atomic E-state index is 6.10. The van der Waals surface area contributed by atoms with Gasteiger partial charge in [0, 0.05) is 12.6 Å². The van der Waals surface area contributed by atoms with Crippen molar-refractivity contribution in [2.45, 2.75) is 58.1 Å². The highest BCUT2D eigenvalue weighted by molar-refractivity contribution is 4.79. The summed E-state index contributed by atoms with van der Waals surface area (Å²) in [6.07, 6.45) is 6.67. The number of ether oxygens (including phenoxy) is 1. The van der Waals surface area contributed by atoms with Gasteiger partial charge in [-0.3, -0.25) is 0 Å². The number of nitrogens with two attached hydrogens (primary N) is 1. The lowest BCUT2D eigenvalue weighted by Gasteiger charge is -2.31. The molecule has 0 aromatic carbocycles. The normalized spacial score (nSPS) is 22.4. The van der Waals surface area contributed by atoms with Crippen molar-refractivity contribution in [2.24, 2.45) is 11.7 Å². The lowest BCUT2D eigenvalue weighted by molar-refractivity contribution is 0.0320. The van der Waals surface area contributed by atoms with Crippen LogP contribution < -0.4 is 5.73 Å². The first-order valence-corrected chi connectivity index (χ1v) is 5.65. The molecular weight excluding hydrogens is 162 g/mol. The van der Waals surface area contributed by atoms with E-state index in [1.165, 1.54) is 25.7 Å². The Labute approximate surface area is 81.8 Å². The van der Waals surface area contributed by atoms with Crippen molar-refractivity contribution in [3.63, 3.8) is 0 Å². The molecule has 1 fully saturated rings. The Morgan fingerprint density at radius 1 is 1.38 bits per heavy atom. The molecule has 1 rings (SSSR count). The van der Waals surface area contributed by atoms with Gasteiger partial charge in [0.15, 0.2) is 0 Å². The SMILES string of the molecule is CCOC(CC)C(N)CC1CCC1. The molecule has 2 atom stereocenters. The van der Waals surface area contributed by atoms with Crippen LogP contribution in [0.2, 0.25) is 0 Å². The third-order valence-electron chi connectivity index (χ3n) is 3.09. The first-order chi connectivity index (χ1) is 6.27. The molecule has 13 heavy (non-hydrogen) atoms. The summed E-state index contributed by atoms with van der Waals surface area (Å²) in [4.78, 5) is 0. The van der Waals surface area contributed by atoms with Gasteiger partial charge in [-0.25, -0.2) is 0 Å². The third kappa shape index (κ3) is 3.28. The van der Waals surface area contributed by atoms with Gasteiger partial charge in [-0.1, -0.05) is 26.2 Å². The van der Waals surface area contributed by atoms with Crippen LogP contribution in [0.15, 0.2) is 0 Å².